The monoisotopic (exact) mass is 421 g/mol. The third kappa shape index (κ3) is 5.34. The number of anilines is 1. The summed E-state index contributed by atoms with van der Waals surface area (Å²) in [7, 11) is 6.06. The van der Waals surface area contributed by atoms with Crippen molar-refractivity contribution in [2.75, 3.05) is 46.4 Å². The summed E-state index contributed by atoms with van der Waals surface area (Å²) in [5.41, 5.74) is 0.172. The van der Waals surface area contributed by atoms with E-state index in [1.165, 1.54) is 31.1 Å². The lowest BCUT2D eigenvalue weighted by Crippen LogP contribution is -2.47. The predicted octanol–water partition coefficient (Wildman–Crippen LogP) is 1.44. The van der Waals surface area contributed by atoms with Gasteiger partial charge in [-0.15, -0.1) is 0 Å². The lowest BCUT2D eigenvalue weighted by molar-refractivity contribution is -0.138. The van der Waals surface area contributed by atoms with Gasteiger partial charge in [-0.3, -0.25) is 14.4 Å². The minimum absolute atomic E-state index is 0.0645. The van der Waals surface area contributed by atoms with Gasteiger partial charge in [-0.2, -0.15) is 0 Å². The second-order valence-corrected chi connectivity index (χ2v) is 8.28. The molecule has 9 nitrogen and oxygen atoms in total. The summed E-state index contributed by atoms with van der Waals surface area (Å²) < 4.78 is 16.0. The van der Waals surface area contributed by atoms with Gasteiger partial charge in [0.15, 0.2) is 11.5 Å². The van der Waals surface area contributed by atoms with Crippen molar-refractivity contribution in [2.24, 2.45) is 5.92 Å². The summed E-state index contributed by atoms with van der Waals surface area (Å²) >= 11 is 0. The van der Waals surface area contributed by atoms with Crippen LogP contribution in [0.3, 0.4) is 0 Å². The smallest absolute Gasteiger partial charge is 0.240 e. The fraction of sp³-hybridized carbons (Fsp3) is 0.571. The van der Waals surface area contributed by atoms with Crippen molar-refractivity contribution >= 4 is 23.4 Å². The molecule has 0 radical (unpaired) electrons. The van der Waals surface area contributed by atoms with Crippen LogP contribution in [0.25, 0.3) is 0 Å². The molecule has 1 N–H and O–H groups in total. The average molecular weight is 421 g/mol. The highest BCUT2D eigenvalue weighted by atomic mass is 16.5. The first-order chi connectivity index (χ1) is 14.0. The number of carbonyl (C=O) groups is 3. The van der Waals surface area contributed by atoms with Crippen LogP contribution in [-0.2, 0) is 14.4 Å². The van der Waals surface area contributed by atoms with E-state index in [0.29, 0.717) is 22.9 Å². The first-order valence-electron chi connectivity index (χ1n) is 9.67. The largest absolute Gasteiger partial charge is 0.493 e. The fourth-order valence-electron chi connectivity index (χ4n) is 3.41. The van der Waals surface area contributed by atoms with E-state index in [-0.39, 0.29) is 42.8 Å². The van der Waals surface area contributed by atoms with Crippen LogP contribution < -0.4 is 24.4 Å². The number of ether oxygens (including phenoxy) is 3. The Morgan fingerprint density at radius 3 is 2.17 bits per heavy atom. The van der Waals surface area contributed by atoms with Crippen LogP contribution in [0.5, 0.6) is 17.2 Å². The molecule has 3 amide bonds. The predicted molar refractivity (Wildman–Crippen MR) is 112 cm³/mol. The third-order valence-electron chi connectivity index (χ3n) is 4.71. The zero-order chi connectivity index (χ0) is 22.6. The number of hydrogen-bond acceptors (Lipinski definition) is 6. The van der Waals surface area contributed by atoms with Crippen molar-refractivity contribution in [3.8, 4) is 17.2 Å². The Labute approximate surface area is 177 Å². The van der Waals surface area contributed by atoms with Gasteiger partial charge in [-0.1, -0.05) is 0 Å². The van der Waals surface area contributed by atoms with Gasteiger partial charge < -0.3 is 29.3 Å². The molecule has 1 aromatic rings. The van der Waals surface area contributed by atoms with Gasteiger partial charge in [0.05, 0.1) is 39.5 Å². The summed E-state index contributed by atoms with van der Waals surface area (Å²) in [4.78, 5) is 40.5. The second-order valence-electron chi connectivity index (χ2n) is 8.28. The molecule has 0 aromatic heterocycles. The molecule has 1 unspecified atom stereocenters. The summed E-state index contributed by atoms with van der Waals surface area (Å²) in [5, 5.41) is 2.83. The zero-order valence-corrected chi connectivity index (χ0v) is 18.7. The SMILES string of the molecule is COc1cc(N2CC(C(=O)N(C)CC(=O)NC(C)(C)C)CC2=O)cc(OC)c1OC. The van der Waals surface area contributed by atoms with Crippen LogP contribution in [0.15, 0.2) is 12.1 Å². The van der Waals surface area contributed by atoms with Crippen molar-refractivity contribution in [3.63, 3.8) is 0 Å². The van der Waals surface area contributed by atoms with Crippen LogP contribution in [0.1, 0.15) is 27.2 Å². The van der Waals surface area contributed by atoms with Crippen LogP contribution in [0, 0.1) is 5.92 Å². The molecule has 9 heteroatoms. The molecule has 1 aromatic carbocycles. The molecule has 0 saturated carbocycles. The van der Waals surface area contributed by atoms with Gasteiger partial charge in [0, 0.05) is 37.7 Å². The summed E-state index contributed by atoms with van der Waals surface area (Å²) in [6.07, 6.45) is 0.0702. The Morgan fingerprint density at radius 2 is 1.70 bits per heavy atom. The highest BCUT2D eigenvalue weighted by Crippen LogP contribution is 2.42. The Bertz CT molecular complexity index is 792. The first kappa shape index (κ1) is 23.3. The number of amides is 3. The van der Waals surface area contributed by atoms with Gasteiger partial charge in [0.25, 0.3) is 0 Å². The van der Waals surface area contributed by atoms with Gasteiger partial charge >= 0.3 is 0 Å². The topological polar surface area (TPSA) is 97.4 Å². The number of likely N-dealkylation sites (N-methyl/N-ethyl adjacent to an activating group) is 1. The molecule has 1 aliphatic rings. The normalized spacial score (nSPS) is 16.3. The van der Waals surface area contributed by atoms with Crippen LogP contribution in [0.2, 0.25) is 0 Å². The summed E-state index contributed by atoms with van der Waals surface area (Å²) in [5.74, 6) is 0.0501. The van der Waals surface area contributed by atoms with Crippen LogP contribution in [-0.4, -0.2) is 69.6 Å². The standard InChI is InChI=1S/C21H31N3O6/c1-21(2,3)22-17(25)12-23(4)20(27)13-8-18(26)24(11-13)14-9-15(28-5)19(30-7)16(10-14)29-6/h9-10,13H,8,11-12H2,1-7H3,(H,22,25). The molecule has 0 aliphatic carbocycles. The molecule has 2 rings (SSSR count). The molecule has 1 heterocycles. The molecule has 0 spiro atoms. The first-order valence-corrected chi connectivity index (χ1v) is 9.67. The van der Waals surface area contributed by atoms with E-state index in [2.05, 4.69) is 5.32 Å². The molecule has 0 bridgehead atoms. The maximum Gasteiger partial charge on any atom is 0.240 e. The van der Waals surface area contributed by atoms with Crippen LogP contribution >= 0.6 is 0 Å². The van der Waals surface area contributed by atoms with E-state index < -0.39 is 5.92 Å². The average Bonchev–Trinajstić information content (AvgIpc) is 3.05. The Kier molecular flexibility index (Phi) is 7.17. The minimum Gasteiger partial charge on any atom is -0.493 e. The third-order valence-corrected chi connectivity index (χ3v) is 4.71. The number of hydrogen-bond donors (Lipinski definition) is 1. The maximum atomic E-state index is 12.8. The molecule has 30 heavy (non-hydrogen) atoms. The molecule has 1 saturated heterocycles. The Balaban J connectivity index is 2.14. The highest BCUT2D eigenvalue weighted by Gasteiger charge is 2.37. The number of nitrogens with one attached hydrogen (secondary N) is 1. The second kappa shape index (κ2) is 9.23. The van der Waals surface area contributed by atoms with Crippen molar-refractivity contribution in [2.45, 2.75) is 32.7 Å². The maximum absolute atomic E-state index is 12.8. The molecule has 166 valence electrons. The Hall–Kier alpha value is -2.97. The molecule has 1 aliphatic heterocycles. The molecule has 1 fully saturated rings. The van der Waals surface area contributed by atoms with Gasteiger partial charge in [-0.25, -0.2) is 0 Å². The van der Waals surface area contributed by atoms with Crippen molar-refractivity contribution in [3.05, 3.63) is 12.1 Å². The lowest BCUT2D eigenvalue weighted by atomic mass is 10.1. The number of carbonyl (C=O) groups excluding carboxylic acids is 3. The van der Waals surface area contributed by atoms with Crippen molar-refractivity contribution in [1.29, 1.82) is 0 Å². The van der Waals surface area contributed by atoms with E-state index in [4.69, 9.17) is 14.2 Å². The lowest BCUT2D eigenvalue weighted by Gasteiger charge is -2.25. The fourth-order valence-corrected chi connectivity index (χ4v) is 3.41. The Morgan fingerprint density at radius 1 is 1.13 bits per heavy atom. The quantitative estimate of drug-likeness (QED) is 0.716. The number of benzene rings is 1. The molecule has 1 atom stereocenters. The van der Waals surface area contributed by atoms with E-state index >= 15 is 0 Å². The van der Waals surface area contributed by atoms with Crippen molar-refractivity contribution in [1.82, 2.24) is 10.2 Å². The summed E-state index contributed by atoms with van der Waals surface area (Å²) in [6, 6.07) is 3.35. The number of nitrogens with zero attached hydrogens (tertiary/aromatic N) is 2. The van der Waals surface area contributed by atoms with Gasteiger partial charge in [0.2, 0.25) is 23.5 Å². The number of rotatable bonds is 7. The zero-order valence-electron chi connectivity index (χ0n) is 18.7. The van der Waals surface area contributed by atoms with Gasteiger partial charge in [0.1, 0.15) is 0 Å². The van der Waals surface area contributed by atoms with Gasteiger partial charge in [-0.05, 0) is 20.8 Å². The van der Waals surface area contributed by atoms with Crippen LogP contribution in [0.4, 0.5) is 5.69 Å². The van der Waals surface area contributed by atoms with E-state index in [1.807, 2.05) is 20.8 Å². The summed E-state index contributed by atoms with van der Waals surface area (Å²) in [6.45, 7) is 5.76. The van der Waals surface area contributed by atoms with E-state index in [0.717, 1.165) is 0 Å². The van der Waals surface area contributed by atoms with Crippen molar-refractivity contribution < 1.29 is 28.6 Å². The number of methoxy groups -OCH3 is 3. The highest BCUT2D eigenvalue weighted by molar-refractivity contribution is 6.01. The van der Waals surface area contributed by atoms with E-state index in [9.17, 15) is 14.4 Å². The minimum atomic E-state index is -0.538. The molecular weight excluding hydrogens is 390 g/mol. The van der Waals surface area contributed by atoms with E-state index in [1.54, 1.807) is 19.2 Å². The molecular formula is C21H31N3O6.